The van der Waals surface area contributed by atoms with Gasteiger partial charge in [-0.25, -0.2) is 22.6 Å². The highest BCUT2D eigenvalue weighted by molar-refractivity contribution is 7.89. The lowest BCUT2D eigenvalue weighted by molar-refractivity contribution is 0.0688. The molecule has 1 aromatic heterocycles. The molecule has 0 aliphatic heterocycles. The molecular weight excluding hydrogens is 512 g/mol. The highest BCUT2D eigenvalue weighted by atomic mass is 32.2. The number of carbonyl (C=O) groups is 2. The van der Waals surface area contributed by atoms with Gasteiger partial charge in [-0.05, 0) is 70.5 Å². The Balaban J connectivity index is 2.08. The fourth-order valence-corrected chi connectivity index (χ4v) is 5.02. The molecule has 0 radical (unpaired) electrons. The zero-order valence-corrected chi connectivity index (χ0v) is 22.9. The van der Waals surface area contributed by atoms with Crippen LogP contribution in [0, 0.1) is 6.92 Å². The zero-order valence-electron chi connectivity index (χ0n) is 22.1. The van der Waals surface area contributed by atoms with Crippen LogP contribution in [0.4, 0.5) is 5.69 Å². The first-order valence-corrected chi connectivity index (χ1v) is 13.5. The van der Waals surface area contributed by atoms with Crippen LogP contribution in [-0.4, -0.2) is 48.3 Å². The third-order valence-corrected chi connectivity index (χ3v) is 7.39. The number of aromatic nitrogens is 2. The van der Waals surface area contributed by atoms with Crippen molar-refractivity contribution in [2.75, 3.05) is 12.4 Å². The van der Waals surface area contributed by atoms with E-state index in [0.717, 1.165) is 0 Å². The molecule has 0 aliphatic rings. The van der Waals surface area contributed by atoms with Gasteiger partial charge in [-0.1, -0.05) is 13.0 Å². The van der Waals surface area contributed by atoms with E-state index >= 15 is 0 Å². The molecule has 204 valence electrons. The first-order chi connectivity index (χ1) is 17.9. The number of ether oxygens (including phenoxy) is 2. The van der Waals surface area contributed by atoms with Crippen molar-refractivity contribution in [2.45, 2.75) is 58.0 Å². The van der Waals surface area contributed by atoms with Crippen molar-refractivity contribution in [3.8, 4) is 17.4 Å². The summed E-state index contributed by atoms with van der Waals surface area (Å²) in [6, 6.07) is 10.1. The Labute approximate surface area is 221 Å². The molecule has 12 heteroatoms. The second-order valence-electron chi connectivity index (χ2n) is 9.00. The van der Waals surface area contributed by atoms with Crippen molar-refractivity contribution >= 4 is 27.6 Å². The van der Waals surface area contributed by atoms with E-state index in [2.05, 4.69) is 15.1 Å². The van der Waals surface area contributed by atoms with Gasteiger partial charge in [-0.2, -0.15) is 5.10 Å². The van der Waals surface area contributed by atoms with Gasteiger partial charge in [-0.3, -0.25) is 4.79 Å². The number of hydrogen-bond acceptors (Lipinski definition) is 7. The van der Waals surface area contributed by atoms with E-state index in [9.17, 15) is 23.1 Å². The highest BCUT2D eigenvalue weighted by Crippen LogP contribution is 2.35. The van der Waals surface area contributed by atoms with Crippen LogP contribution in [0.2, 0.25) is 0 Å². The number of benzene rings is 2. The summed E-state index contributed by atoms with van der Waals surface area (Å²) in [4.78, 5) is 24.3. The SMILES string of the molecule is CC[C@H](C)NS(=O)(=O)c1cc(NC(=O)c2cccc(OC)c2)ccc1Oc1c(C)c(C(=O)O)nn1C(C)C. The molecule has 0 saturated heterocycles. The van der Waals surface area contributed by atoms with Crippen molar-refractivity contribution in [1.29, 1.82) is 0 Å². The Morgan fingerprint density at radius 1 is 1.13 bits per heavy atom. The number of carbonyl (C=O) groups excluding carboxylic acids is 1. The minimum Gasteiger partial charge on any atom is -0.497 e. The summed E-state index contributed by atoms with van der Waals surface area (Å²) in [5, 5.41) is 16.3. The topological polar surface area (TPSA) is 149 Å². The average molecular weight is 545 g/mol. The van der Waals surface area contributed by atoms with E-state index < -0.39 is 21.9 Å². The maximum Gasteiger partial charge on any atom is 0.356 e. The number of nitrogens with one attached hydrogen (secondary N) is 2. The van der Waals surface area contributed by atoms with E-state index in [-0.39, 0.29) is 45.6 Å². The molecule has 11 nitrogen and oxygen atoms in total. The molecule has 0 unspecified atom stereocenters. The van der Waals surface area contributed by atoms with Crippen molar-refractivity contribution in [3.63, 3.8) is 0 Å². The molecule has 0 bridgehead atoms. The maximum atomic E-state index is 13.4. The molecular formula is C26H32N4O7S. The van der Waals surface area contributed by atoms with Crippen LogP contribution in [0.5, 0.6) is 17.4 Å². The molecule has 3 rings (SSSR count). The quantitative estimate of drug-likeness (QED) is 0.317. The molecule has 38 heavy (non-hydrogen) atoms. The fraction of sp³-hybridized carbons (Fsp3) is 0.346. The summed E-state index contributed by atoms with van der Waals surface area (Å²) in [6.45, 7) is 8.70. The number of nitrogens with zero attached hydrogens (tertiary/aromatic N) is 2. The van der Waals surface area contributed by atoms with Gasteiger partial charge in [0.15, 0.2) is 5.69 Å². The van der Waals surface area contributed by atoms with Crippen LogP contribution in [0.25, 0.3) is 0 Å². The summed E-state index contributed by atoms with van der Waals surface area (Å²) in [6.07, 6.45) is 0.545. The van der Waals surface area contributed by atoms with Gasteiger partial charge in [0, 0.05) is 22.9 Å². The predicted molar refractivity (Wildman–Crippen MR) is 142 cm³/mol. The minimum atomic E-state index is -4.10. The number of carboxylic acid groups (broad SMARTS) is 1. The molecule has 0 saturated carbocycles. The first kappa shape index (κ1) is 28.7. The van der Waals surface area contributed by atoms with E-state index in [1.54, 1.807) is 52.0 Å². The lowest BCUT2D eigenvalue weighted by atomic mass is 10.2. The van der Waals surface area contributed by atoms with Gasteiger partial charge >= 0.3 is 5.97 Å². The largest absolute Gasteiger partial charge is 0.497 e. The summed E-state index contributed by atoms with van der Waals surface area (Å²) < 4.78 is 41.9. The number of anilines is 1. The van der Waals surface area contributed by atoms with Crippen molar-refractivity contribution in [2.24, 2.45) is 0 Å². The lowest BCUT2D eigenvalue weighted by Gasteiger charge is -2.18. The predicted octanol–water partition coefficient (Wildman–Crippen LogP) is 4.60. The molecule has 0 fully saturated rings. The molecule has 1 atom stereocenters. The smallest absolute Gasteiger partial charge is 0.356 e. The van der Waals surface area contributed by atoms with Crippen molar-refractivity contribution in [1.82, 2.24) is 14.5 Å². The number of hydrogen-bond donors (Lipinski definition) is 3. The molecule has 0 aliphatic carbocycles. The number of methoxy groups -OCH3 is 1. The van der Waals surface area contributed by atoms with Crippen molar-refractivity contribution < 1.29 is 32.6 Å². The lowest BCUT2D eigenvalue weighted by Crippen LogP contribution is -2.32. The molecule has 1 heterocycles. The number of rotatable bonds is 11. The number of carboxylic acids is 1. The summed E-state index contributed by atoms with van der Waals surface area (Å²) >= 11 is 0. The molecule has 3 aromatic rings. The van der Waals surface area contributed by atoms with Gasteiger partial charge in [0.25, 0.3) is 5.91 Å². The Bertz CT molecular complexity index is 1450. The monoisotopic (exact) mass is 544 g/mol. The summed E-state index contributed by atoms with van der Waals surface area (Å²) in [7, 11) is -2.61. The van der Waals surface area contributed by atoms with Gasteiger partial charge in [0.2, 0.25) is 15.9 Å². The normalized spacial score (nSPS) is 12.3. The minimum absolute atomic E-state index is 0.0537. The third-order valence-electron chi connectivity index (χ3n) is 5.78. The molecule has 3 N–H and O–H groups in total. The third kappa shape index (κ3) is 6.32. The number of sulfonamides is 1. The Morgan fingerprint density at radius 2 is 1.84 bits per heavy atom. The van der Waals surface area contributed by atoms with Crippen LogP contribution >= 0.6 is 0 Å². The van der Waals surface area contributed by atoms with Crippen LogP contribution in [0.1, 0.15) is 66.6 Å². The van der Waals surface area contributed by atoms with E-state index in [4.69, 9.17) is 9.47 Å². The van der Waals surface area contributed by atoms with Crippen LogP contribution < -0.4 is 19.5 Å². The van der Waals surface area contributed by atoms with Gasteiger partial charge in [0.05, 0.1) is 13.2 Å². The maximum absolute atomic E-state index is 13.4. The highest BCUT2D eigenvalue weighted by Gasteiger charge is 2.27. The Morgan fingerprint density at radius 3 is 2.45 bits per heavy atom. The standard InChI is InChI=1S/C26H32N4O7S/c1-7-16(4)29-38(34,35)22-14-19(27-24(31)18-9-8-10-20(13-18)36-6)11-12-21(22)37-25-17(5)23(26(32)33)28-30(25)15(2)3/h8-16,29H,7H2,1-6H3,(H,27,31)(H,32,33)/t16-/m0/s1. The van der Waals surface area contributed by atoms with Crippen LogP contribution in [0.15, 0.2) is 47.4 Å². The van der Waals surface area contributed by atoms with Crippen LogP contribution in [0.3, 0.4) is 0 Å². The Kier molecular flexibility index (Phi) is 8.79. The Hall–Kier alpha value is -3.90. The second-order valence-corrected chi connectivity index (χ2v) is 10.7. The van der Waals surface area contributed by atoms with Crippen molar-refractivity contribution in [3.05, 3.63) is 59.3 Å². The zero-order chi connectivity index (χ0) is 28.2. The number of aromatic carboxylic acids is 1. The second kappa shape index (κ2) is 11.7. The van der Waals surface area contributed by atoms with E-state index in [1.807, 2.05) is 6.92 Å². The van der Waals surface area contributed by atoms with Gasteiger partial charge in [-0.15, -0.1) is 0 Å². The van der Waals surface area contributed by atoms with E-state index in [1.165, 1.54) is 30.0 Å². The number of amides is 1. The molecule has 1 amide bonds. The van der Waals surface area contributed by atoms with E-state index in [0.29, 0.717) is 17.7 Å². The first-order valence-electron chi connectivity index (χ1n) is 12.0. The average Bonchev–Trinajstić information content (AvgIpc) is 3.20. The van der Waals surface area contributed by atoms with Gasteiger partial charge in [0.1, 0.15) is 16.4 Å². The summed E-state index contributed by atoms with van der Waals surface area (Å²) in [5.74, 6) is -1.14. The fourth-order valence-electron chi connectivity index (χ4n) is 3.54. The molecule has 2 aromatic carbocycles. The molecule has 0 spiro atoms. The van der Waals surface area contributed by atoms with Gasteiger partial charge < -0.3 is 19.9 Å². The summed E-state index contributed by atoms with van der Waals surface area (Å²) in [5.41, 5.74) is 0.595. The van der Waals surface area contributed by atoms with Crippen LogP contribution in [-0.2, 0) is 10.0 Å².